The number of nitrogens with zero attached hydrogens (tertiary/aromatic N) is 1. The smallest absolute Gasteiger partial charge is 0.257 e. The molecule has 1 N–H and O–H groups in total. The number of carbonyl (C=O) groups excluding carboxylic acids is 1. The minimum absolute atomic E-state index is 0.113. The first-order valence-electron chi connectivity index (χ1n) is 6.06. The molecule has 0 fully saturated rings. The Morgan fingerprint density at radius 1 is 1.37 bits per heavy atom. The number of halogens is 1. The van der Waals surface area contributed by atoms with Crippen molar-refractivity contribution in [3.8, 4) is 0 Å². The van der Waals surface area contributed by atoms with Crippen LogP contribution in [-0.4, -0.2) is 10.9 Å². The van der Waals surface area contributed by atoms with E-state index in [9.17, 15) is 4.79 Å². The molecule has 0 saturated carbocycles. The van der Waals surface area contributed by atoms with Crippen LogP contribution in [0.1, 0.15) is 33.4 Å². The third-order valence-electron chi connectivity index (χ3n) is 2.82. The van der Waals surface area contributed by atoms with Crippen LogP contribution in [0.15, 0.2) is 24.3 Å². The number of aromatic nitrogens is 1. The summed E-state index contributed by atoms with van der Waals surface area (Å²) in [6, 6.07) is 7.53. The molecule has 0 unspecified atom stereocenters. The predicted molar refractivity (Wildman–Crippen MR) is 83.3 cm³/mol. The number of benzene rings is 1. The second kappa shape index (κ2) is 6.30. The van der Waals surface area contributed by atoms with Crippen molar-refractivity contribution in [2.75, 3.05) is 5.32 Å². The molecule has 5 heteroatoms. The zero-order valence-corrected chi connectivity index (χ0v) is 13.3. The number of nitrogens with one attached hydrogen (secondary N) is 1. The van der Waals surface area contributed by atoms with Crippen molar-refractivity contribution < 1.29 is 4.79 Å². The molecule has 0 bridgehead atoms. The van der Waals surface area contributed by atoms with E-state index in [1.165, 1.54) is 11.3 Å². The predicted octanol–water partition coefficient (Wildman–Crippen LogP) is 4.16. The van der Waals surface area contributed by atoms with Crippen molar-refractivity contribution in [1.29, 1.82) is 0 Å². The zero-order valence-electron chi connectivity index (χ0n) is 10.9. The lowest BCUT2D eigenvalue weighted by molar-refractivity contribution is 0.102. The number of alkyl halides is 1. The van der Waals surface area contributed by atoms with E-state index in [4.69, 9.17) is 0 Å². The molecular weight excluding hydrogens is 324 g/mol. The minimum atomic E-state index is -0.113. The summed E-state index contributed by atoms with van der Waals surface area (Å²) in [6.07, 6.45) is 0.887. The summed E-state index contributed by atoms with van der Waals surface area (Å²) < 4.78 is 0. The molecule has 1 aromatic carbocycles. The van der Waals surface area contributed by atoms with Crippen LogP contribution in [0.2, 0.25) is 0 Å². The van der Waals surface area contributed by atoms with Crippen LogP contribution in [-0.2, 0) is 11.8 Å². The van der Waals surface area contributed by atoms with Gasteiger partial charge in [-0.1, -0.05) is 35.0 Å². The number of thiazole rings is 1. The van der Waals surface area contributed by atoms with Gasteiger partial charge in [-0.3, -0.25) is 10.1 Å². The number of amides is 1. The maximum atomic E-state index is 12.1. The highest BCUT2D eigenvalue weighted by Gasteiger charge is 2.10. The van der Waals surface area contributed by atoms with E-state index < -0.39 is 0 Å². The number of carbonyl (C=O) groups is 1. The summed E-state index contributed by atoms with van der Waals surface area (Å²) in [5, 5.41) is 4.31. The van der Waals surface area contributed by atoms with Crippen LogP contribution in [0.3, 0.4) is 0 Å². The Labute approximate surface area is 125 Å². The quantitative estimate of drug-likeness (QED) is 0.850. The SMILES string of the molecule is CCc1nc(NC(=O)c2ccc(CBr)cc2)sc1C. The van der Waals surface area contributed by atoms with E-state index in [2.05, 4.69) is 33.2 Å². The monoisotopic (exact) mass is 338 g/mol. The summed E-state index contributed by atoms with van der Waals surface area (Å²) in [5.41, 5.74) is 2.85. The number of aryl methyl sites for hydroxylation is 2. The Hall–Kier alpha value is -1.20. The molecule has 0 spiro atoms. The topological polar surface area (TPSA) is 42.0 Å². The lowest BCUT2D eigenvalue weighted by atomic mass is 10.1. The molecule has 1 heterocycles. The zero-order chi connectivity index (χ0) is 13.8. The van der Waals surface area contributed by atoms with Gasteiger partial charge in [-0.25, -0.2) is 4.98 Å². The molecule has 0 aliphatic carbocycles. The third kappa shape index (κ3) is 3.42. The van der Waals surface area contributed by atoms with E-state index in [0.29, 0.717) is 10.7 Å². The van der Waals surface area contributed by atoms with E-state index >= 15 is 0 Å². The van der Waals surface area contributed by atoms with Crippen LogP contribution in [0, 0.1) is 6.92 Å². The summed E-state index contributed by atoms with van der Waals surface area (Å²) in [4.78, 5) is 17.6. The molecule has 0 saturated heterocycles. The molecule has 3 nitrogen and oxygen atoms in total. The highest BCUT2D eigenvalue weighted by molar-refractivity contribution is 9.08. The van der Waals surface area contributed by atoms with Crippen molar-refractivity contribution in [2.45, 2.75) is 25.6 Å². The Morgan fingerprint density at radius 3 is 2.58 bits per heavy atom. The Morgan fingerprint density at radius 2 is 2.05 bits per heavy atom. The summed E-state index contributed by atoms with van der Waals surface area (Å²) in [5.74, 6) is -0.113. The molecule has 2 aromatic rings. The van der Waals surface area contributed by atoms with Crippen LogP contribution < -0.4 is 5.32 Å². The molecule has 1 aromatic heterocycles. The molecule has 2 rings (SSSR count). The largest absolute Gasteiger partial charge is 0.298 e. The first kappa shape index (κ1) is 14.2. The first-order chi connectivity index (χ1) is 9.13. The maximum Gasteiger partial charge on any atom is 0.257 e. The van der Waals surface area contributed by atoms with Crippen molar-refractivity contribution >= 4 is 38.3 Å². The van der Waals surface area contributed by atoms with Gasteiger partial charge in [0, 0.05) is 15.8 Å². The van der Waals surface area contributed by atoms with Gasteiger partial charge in [-0.05, 0) is 31.0 Å². The first-order valence-corrected chi connectivity index (χ1v) is 8.00. The Kier molecular flexibility index (Phi) is 4.71. The second-order valence-corrected chi connectivity index (χ2v) is 5.92. The molecule has 0 radical (unpaired) electrons. The van der Waals surface area contributed by atoms with Crippen LogP contribution in [0.25, 0.3) is 0 Å². The van der Waals surface area contributed by atoms with Crippen molar-refractivity contribution in [2.24, 2.45) is 0 Å². The van der Waals surface area contributed by atoms with Crippen LogP contribution >= 0.6 is 27.3 Å². The Balaban J connectivity index is 2.11. The van der Waals surface area contributed by atoms with Crippen LogP contribution in [0.5, 0.6) is 0 Å². The third-order valence-corrected chi connectivity index (χ3v) is 4.39. The van der Waals surface area contributed by atoms with Gasteiger partial charge in [-0.2, -0.15) is 0 Å². The highest BCUT2D eigenvalue weighted by atomic mass is 79.9. The highest BCUT2D eigenvalue weighted by Crippen LogP contribution is 2.23. The molecular formula is C14H15BrN2OS. The lowest BCUT2D eigenvalue weighted by Crippen LogP contribution is -2.11. The average Bonchev–Trinajstić information content (AvgIpc) is 2.78. The normalized spacial score (nSPS) is 10.5. The number of hydrogen-bond acceptors (Lipinski definition) is 3. The van der Waals surface area contributed by atoms with Gasteiger partial charge in [0.15, 0.2) is 5.13 Å². The van der Waals surface area contributed by atoms with Crippen molar-refractivity contribution in [3.63, 3.8) is 0 Å². The van der Waals surface area contributed by atoms with Gasteiger partial charge in [-0.15, -0.1) is 11.3 Å². The van der Waals surface area contributed by atoms with Crippen molar-refractivity contribution in [3.05, 3.63) is 46.0 Å². The van der Waals surface area contributed by atoms with E-state index in [1.54, 1.807) is 0 Å². The summed E-state index contributed by atoms with van der Waals surface area (Å²) in [6.45, 7) is 4.09. The fourth-order valence-electron chi connectivity index (χ4n) is 1.72. The molecule has 0 aliphatic rings. The minimum Gasteiger partial charge on any atom is -0.298 e. The van der Waals surface area contributed by atoms with E-state index in [-0.39, 0.29) is 5.91 Å². The van der Waals surface area contributed by atoms with Gasteiger partial charge in [0.2, 0.25) is 0 Å². The van der Waals surface area contributed by atoms with E-state index in [1.807, 2.05) is 31.2 Å². The van der Waals surface area contributed by atoms with E-state index in [0.717, 1.165) is 27.9 Å². The maximum absolute atomic E-state index is 12.1. The fraction of sp³-hybridized carbons (Fsp3) is 0.286. The number of hydrogen-bond donors (Lipinski definition) is 1. The van der Waals surface area contributed by atoms with Crippen LogP contribution in [0.4, 0.5) is 5.13 Å². The molecule has 19 heavy (non-hydrogen) atoms. The Bertz CT molecular complexity index is 578. The lowest BCUT2D eigenvalue weighted by Gasteiger charge is -2.02. The van der Waals surface area contributed by atoms with Gasteiger partial charge in [0.25, 0.3) is 5.91 Å². The average molecular weight is 339 g/mol. The standard InChI is InChI=1S/C14H15BrN2OS/c1-3-12-9(2)19-14(16-12)17-13(18)11-6-4-10(8-15)5-7-11/h4-7H,3,8H2,1-2H3,(H,16,17,18). The van der Waals surface area contributed by atoms with Crippen molar-refractivity contribution in [1.82, 2.24) is 4.98 Å². The van der Waals surface area contributed by atoms with Gasteiger partial charge < -0.3 is 0 Å². The molecule has 0 atom stereocenters. The second-order valence-electron chi connectivity index (χ2n) is 4.16. The van der Waals surface area contributed by atoms with Gasteiger partial charge in [0.05, 0.1) is 5.69 Å². The summed E-state index contributed by atoms with van der Waals surface area (Å²) >= 11 is 4.90. The molecule has 100 valence electrons. The fourth-order valence-corrected chi connectivity index (χ4v) is 3.00. The summed E-state index contributed by atoms with van der Waals surface area (Å²) in [7, 11) is 0. The van der Waals surface area contributed by atoms with Gasteiger partial charge >= 0.3 is 0 Å². The number of rotatable bonds is 4. The molecule has 1 amide bonds. The molecule has 0 aliphatic heterocycles. The van der Waals surface area contributed by atoms with Gasteiger partial charge in [0.1, 0.15) is 0 Å². The number of anilines is 1.